The highest BCUT2D eigenvalue weighted by Crippen LogP contribution is 2.45. The molecule has 0 aliphatic heterocycles. The predicted octanol–water partition coefficient (Wildman–Crippen LogP) is 3.93. The van der Waals surface area contributed by atoms with Crippen LogP contribution in [0.4, 0.5) is 13.2 Å². The Balaban J connectivity index is 4.96. The van der Waals surface area contributed by atoms with Crippen LogP contribution < -0.4 is 0 Å². The Kier molecular flexibility index (Phi) is 6.04. The first kappa shape index (κ1) is 17.1. The van der Waals surface area contributed by atoms with Gasteiger partial charge in [0.1, 0.15) is 11.2 Å². The molecule has 0 aliphatic carbocycles. The molecule has 0 aliphatic rings. The second kappa shape index (κ2) is 6.34. The summed E-state index contributed by atoms with van der Waals surface area (Å²) in [4.78, 5) is 23.3. The molecule has 0 aromatic rings. The standard InChI is InChI=1S/C13H21F3O2/c1-5-12(6-2,13(14,15)16)11(18)8-10(17)7-9(3)4/h9H,5-8H2,1-4H3. The van der Waals surface area contributed by atoms with Crippen molar-refractivity contribution in [2.24, 2.45) is 11.3 Å². The van der Waals surface area contributed by atoms with Gasteiger partial charge in [0.15, 0.2) is 5.78 Å². The van der Waals surface area contributed by atoms with Gasteiger partial charge in [-0.3, -0.25) is 9.59 Å². The lowest BCUT2D eigenvalue weighted by molar-refractivity contribution is -0.222. The lowest BCUT2D eigenvalue weighted by Gasteiger charge is -2.32. The minimum atomic E-state index is -4.59. The summed E-state index contributed by atoms with van der Waals surface area (Å²) in [5.74, 6) is -1.36. The molecule has 0 saturated carbocycles. The zero-order chi connectivity index (χ0) is 14.6. The molecule has 0 fully saturated rings. The molecule has 18 heavy (non-hydrogen) atoms. The van der Waals surface area contributed by atoms with Gasteiger partial charge in [0.05, 0.1) is 6.42 Å². The van der Waals surface area contributed by atoms with Crippen LogP contribution in [0.25, 0.3) is 0 Å². The first-order chi connectivity index (χ1) is 8.10. The first-order valence-electron chi connectivity index (χ1n) is 6.22. The van der Waals surface area contributed by atoms with E-state index in [0.717, 1.165) is 0 Å². The molecule has 0 rings (SSSR count). The van der Waals surface area contributed by atoms with Crippen LogP contribution in [0.2, 0.25) is 0 Å². The maximum absolute atomic E-state index is 13.0. The molecule has 0 aromatic carbocycles. The van der Waals surface area contributed by atoms with Crippen LogP contribution in [0.1, 0.15) is 53.4 Å². The number of hydrogen-bond acceptors (Lipinski definition) is 2. The van der Waals surface area contributed by atoms with Crippen LogP contribution >= 0.6 is 0 Å². The number of hydrogen-bond donors (Lipinski definition) is 0. The second-order valence-corrected chi connectivity index (χ2v) is 5.02. The van der Waals surface area contributed by atoms with Crippen molar-refractivity contribution >= 4 is 11.6 Å². The highest BCUT2D eigenvalue weighted by Gasteiger charge is 2.57. The number of alkyl halides is 3. The van der Waals surface area contributed by atoms with Gasteiger partial charge in [-0.05, 0) is 18.8 Å². The van der Waals surface area contributed by atoms with Crippen molar-refractivity contribution in [1.29, 1.82) is 0 Å². The zero-order valence-corrected chi connectivity index (χ0v) is 11.4. The topological polar surface area (TPSA) is 34.1 Å². The van der Waals surface area contributed by atoms with Crippen molar-refractivity contribution < 1.29 is 22.8 Å². The fourth-order valence-corrected chi connectivity index (χ4v) is 2.08. The Morgan fingerprint density at radius 3 is 1.78 bits per heavy atom. The van der Waals surface area contributed by atoms with Gasteiger partial charge < -0.3 is 0 Å². The largest absolute Gasteiger partial charge is 0.401 e. The Bertz CT molecular complexity index is 302. The fourth-order valence-electron chi connectivity index (χ4n) is 2.08. The molecule has 0 radical (unpaired) electrons. The highest BCUT2D eigenvalue weighted by atomic mass is 19.4. The molecule has 0 aromatic heterocycles. The second-order valence-electron chi connectivity index (χ2n) is 5.02. The summed E-state index contributed by atoms with van der Waals surface area (Å²) < 4.78 is 39.0. The molecule has 2 nitrogen and oxygen atoms in total. The quantitative estimate of drug-likeness (QED) is 0.654. The Labute approximate surface area is 106 Å². The Hall–Kier alpha value is -0.870. The number of rotatable bonds is 7. The summed E-state index contributed by atoms with van der Waals surface area (Å²) in [6.45, 7) is 6.25. The van der Waals surface area contributed by atoms with Crippen molar-refractivity contribution in [2.45, 2.75) is 59.6 Å². The third-order valence-corrected chi connectivity index (χ3v) is 3.28. The molecular weight excluding hydrogens is 245 g/mol. The zero-order valence-electron chi connectivity index (χ0n) is 11.4. The lowest BCUT2D eigenvalue weighted by Crippen LogP contribution is -2.44. The van der Waals surface area contributed by atoms with Gasteiger partial charge in [0.25, 0.3) is 0 Å². The van der Waals surface area contributed by atoms with Crippen molar-refractivity contribution in [3.63, 3.8) is 0 Å². The van der Waals surface area contributed by atoms with E-state index in [1.54, 1.807) is 13.8 Å². The summed E-state index contributed by atoms with van der Waals surface area (Å²) in [5, 5.41) is 0. The summed E-state index contributed by atoms with van der Waals surface area (Å²) in [6, 6.07) is 0. The molecule has 0 N–H and O–H groups in total. The van der Waals surface area contributed by atoms with Crippen LogP contribution in [-0.4, -0.2) is 17.7 Å². The summed E-state index contributed by atoms with van der Waals surface area (Å²) >= 11 is 0. The number of carbonyl (C=O) groups is 2. The highest BCUT2D eigenvalue weighted by molar-refractivity contribution is 6.02. The smallest absolute Gasteiger partial charge is 0.299 e. The van der Waals surface area contributed by atoms with E-state index in [0.29, 0.717) is 0 Å². The third-order valence-electron chi connectivity index (χ3n) is 3.28. The maximum atomic E-state index is 13.0. The van der Waals surface area contributed by atoms with E-state index in [9.17, 15) is 22.8 Å². The maximum Gasteiger partial charge on any atom is 0.401 e. The van der Waals surface area contributed by atoms with Crippen molar-refractivity contribution in [3.05, 3.63) is 0 Å². The summed E-state index contributed by atoms with van der Waals surface area (Å²) in [6.07, 6.45) is -5.69. The van der Waals surface area contributed by atoms with Crippen LogP contribution in [0, 0.1) is 11.3 Å². The van der Waals surface area contributed by atoms with Crippen molar-refractivity contribution in [3.8, 4) is 0 Å². The van der Waals surface area contributed by atoms with E-state index < -0.39 is 29.6 Å². The van der Waals surface area contributed by atoms with E-state index >= 15 is 0 Å². The Morgan fingerprint density at radius 2 is 1.50 bits per heavy atom. The average Bonchev–Trinajstić information content (AvgIpc) is 2.16. The summed E-state index contributed by atoms with van der Waals surface area (Å²) in [7, 11) is 0. The predicted molar refractivity (Wildman–Crippen MR) is 63.2 cm³/mol. The van der Waals surface area contributed by atoms with Crippen LogP contribution in [-0.2, 0) is 9.59 Å². The molecule has 0 unspecified atom stereocenters. The van der Waals surface area contributed by atoms with Crippen molar-refractivity contribution in [1.82, 2.24) is 0 Å². The third kappa shape index (κ3) is 3.82. The number of carbonyl (C=O) groups excluding carboxylic acids is 2. The minimum absolute atomic E-state index is 0.0499. The monoisotopic (exact) mass is 266 g/mol. The number of ketones is 2. The molecule has 0 amide bonds. The van der Waals surface area contributed by atoms with Gasteiger partial charge in [0.2, 0.25) is 0 Å². The molecule has 5 heteroatoms. The van der Waals surface area contributed by atoms with E-state index in [4.69, 9.17) is 0 Å². The molecular formula is C13H21F3O2. The van der Waals surface area contributed by atoms with Gasteiger partial charge in [-0.15, -0.1) is 0 Å². The van der Waals surface area contributed by atoms with E-state index in [1.165, 1.54) is 13.8 Å². The lowest BCUT2D eigenvalue weighted by atomic mass is 9.75. The van der Waals surface area contributed by atoms with Gasteiger partial charge in [-0.2, -0.15) is 13.2 Å². The summed E-state index contributed by atoms with van der Waals surface area (Å²) in [5.41, 5.74) is -2.36. The Morgan fingerprint density at radius 1 is 1.06 bits per heavy atom. The molecule has 0 saturated heterocycles. The normalized spacial score (nSPS) is 12.9. The van der Waals surface area contributed by atoms with Crippen LogP contribution in [0.5, 0.6) is 0 Å². The van der Waals surface area contributed by atoms with E-state index in [1.807, 2.05) is 0 Å². The van der Waals surface area contributed by atoms with E-state index in [2.05, 4.69) is 0 Å². The number of halogens is 3. The molecule has 0 heterocycles. The minimum Gasteiger partial charge on any atom is -0.299 e. The van der Waals surface area contributed by atoms with E-state index in [-0.39, 0.29) is 25.2 Å². The SMILES string of the molecule is CCC(CC)(C(=O)CC(=O)CC(C)C)C(F)(F)F. The van der Waals surface area contributed by atoms with Gasteiger partial charge >= 0.3 is 6.18 Å². The fraction of sp³-hybridized carbons (Fsp3) is 0.846. The first-order valence-corrected chi connectivity index (χ1v) is 6.22. The van der Waals surface area contributed by atoms with Crippen molar-refractivity contribution in [2.75, 3.05) is 0 Å². The molecule has 0 bridgehead atoms. The van der Waals surface area contributed by atoms with Gasteiger partial charge in [0, 0.05) is 6.42 Å². The molecule has 106 valence electrons. The number of Topliss-reactive ketones (excluding diaryl/α,β-unsaturated/α-hetero) is 2. The van der Waals surface area contributed by atoms with Gasteiger partial charge in [-0.25, -0.2) is 0 Å². The van der Waals surface area contributed by atoms with Gasteiger partial charge in [-0.1, -0.05) is 27.7 Å². The van der Waals surface area contributed by atoms with Crippen LogP contribution in [0.3, 0.4) is 0 Å². The average molecular weight is 266 g/mol. The molecule has 0 atom stereocenters. The molecule has 0 spiro atoms. The van der Waals surface area contributed by atoms with Crippen LogP contribution in [0.15, 0.2) is 0 Å².